The second-order valence-electron chi connectivity index (χ2n) is 14.1. The van der Waals surface area contributed by atoms with Gasteiger partial charge < -0.3 is 5.32 Å². The minimum atomic E-state index is -3.44. The zero-order valence-electron chi connectivity index (χ0n) is 28.8. The van der Waals surface area contributed by atoms with E-state index in [0.29, 0.717) is 18.7 Å². The molecule has 2 aliphatic rings. The van der Waals surface area contributed by atoms with Crippen molar-refractivity contribution in [1.82, 2.24) is 14.9 Å². The third-order valence-electron chi connectivity index (χ3n) is 10.3. The molecule has 0 bridgehead atoms. The molecule has 1 saturated carbocycles. The molecule has 260 valence electrons. The maximum atomic E-state index is 16.0. The van der Waals surface area contributed by atoms with Gasteiger partial charge in [0.15, 0.2) is 0 Å². The number of anilines is 1. The van der Waals surface area contributed by atoms with Gasteiger partial charge in [0.1, 0.15) is 18.0 Å². The van der Waals surface area contributed by atoms with Crippen molar-refractivity contribution < 1.29 is 22.0 Å². The Morgan fingerprint density at radius 3 is 2.38 bits per heavy atom. The molecule has 1 aromatic carbocycles. The van der Waals surface area contributed by atoms with Crippen LogP contribution in [0.1, 0.15) is 127 Å². The number of likely N-dealkylation sites (tertiary alicyclic amines) is 1. The Morgan fingerprint density at radius 2 is 1.77 bits per heavy atom. The van der Waals surface area contributed by atoms with Crippen molar-refractivity contribution in [2.24, 2.45) is 11.3 Å². The summed E-state index contributed by atoms with van der Waals surface area (Å²) in [6, 6.07) is 2.52. The van der Waals surface area contributed by atoms with Gasteiger partial charge in [-0.05, 0) is 83.0 Å². The number of aromatic nitrogens is 2. The fraction of sp³-hybridized carbons (Fsp3) is 0.632. The van der Waals surface area contributed by atoms with Crippen molar-refractivity contribution in [2.45, 2.75) is 130 Å². The largest absolute Gasteiger partial charge is 0.363 e. The van der Waals surface area contributed by atoms with Crippen molar-refractivity contribution >= 4 is 11.9 Å². The van der Waals surface area contributed by atoms with E-state index in [-0.39, 0.29) is 36.9 Å². The fourth-order valence-electron chi connectivity index (χ4n) is 7.03. The first-order chi connectivity index (χ1) is 22.3. The zero-order valence-corrected chi connectivity index (χ0v) is 28.8. The molecular weight excluding hydrogens is 607 g/mol. The summed E-state index contributed by atoms with van der Waals surface area (Å²) in [7, 11) is 0. The Morgan fingerprint density at radius 1 is 1.11 bits per heavy atom. The SMILES string of the molecule is C=C(C)/C(=C\c1c(C)ncnc1N[C@H](C)c1cccc(C(F)(F)C2CCN(C(CCCCCCCC)C(F)F)CC2)c1F)C1(C)CC1. The average Bonchev–Trinajstić information content (AvgIpc) is 3.77. The number of allylic oxidation sites excluding steroid dienone is 2. The number of benzene rings is 1. The number of aryl methyl sites for hydroxylation is 1. The Hall–Kier alpha value is -2.81. The lowest BCUT2D eigenvalue weighted by Gasteiger charge is -2.40. The molecule has 0 amide bonds. The summed E-state index contributed by atoms with van der Waals surface area (Å²) < 4.78 is 76.0. The highest BCUT2D eigenvalue weighted by Crippen LogP contribution is 2.54. The highest BCUT2D eigenvalue weighted by molar-refractivity contribution is 5.70. The van der Waals surface area contributed by atoms with Gasteiger partial charge in [0, 0.05) is 17.0 Å². The van der Waals surface area contributed by atoms with E-state index in [1.807, 2.05) is 19.9 Å². The van der Waals surface area contributed by atoms with E-state index in [1.165, 1.54) is 18.5 Å². The van der Waals surface area contributed by atoms with Gasteiger partial charge in [0.05, 0.1) is 23.3 Å². The van der Waals surface area contributed by atoms with Gasteiger partial charge in [-0.2, -0.15) is 0 Å². The van der Waals surface area contributed by atoms with Crippen molar-refractivity contribution in [3.63, 3.8) is 0 Å². The van der Waals surface area contributed by atoms with Gasteiger partial charge in [0.2, 0.25) is 0 Å². The number of nitrogens with one attached hydrogen (secondary N) is 1. The molecule has 1 unspecified atom stereocenters. The smallest absolute Gasteiger partial charge is 0.278 e. The van der Waals surface area contributed by atoms with Crippen molar-refractivity contribution in [3.05, 3.63) is 70.5 Å². The standard InChI is InChI=1S/C38H53F5N4/c1-7-8-9-10-11-12-16-33(35(40)41)47-21-17-28(18-22-47)38(42,43)31-15-13-14-29(34(31)39)27(5)46-36-30(26(4)44-24-45-36)23-32(25(2)3)37(6)19-20-37/h13-15,23-24,27-28,33,35H,2,7-12,16-22H2,1,3-6H3,(H,44,45,46)/b32-23+/t27-,33?/m1/s1. The molecule has 1 aliphatic carbocycles. The predicted octanol–water partition coefficient (Wildman–Crippen LogP) is 11.0. The zero-order chi connectivity index (χ0) is 34.4. The molecule has 47 heavy (non-hydrogen) atoms. The van der Waals surface area contributed by atoms with Gasteiger partial charge in [-0.3, -0.25) is 4.90 Å². The van der Waals surface area contributed by atoms with Crippen LogP contribution in [0.25, 0.3) is 6.08 Å². The molecule has 2 aromatic rings. The molecule has 1 aliphatic heterocycles. The molecule has 4 nitrogen and oxygen atoms in total. The molecule has 2 fully saturated rings. The van der Waals surface area contributed by atoms with Crippen molar-refractivity contribution in [3.8, 4) is 0 Å². The third kappa shape index (κ3) is 9.01. The molecular formula is C38H53F5N4. The molecule has 9 heteroatoms. The van der Waals surface area contributed by atoms with E-state index < -0.39 is 41.7 Å². The molecule has 0 spiro atoms. The summed E-state index contributed by atoms with van der Waals surface area (Å²) in [5.41, 5.74) is 3.09. The lowest BCUT2D eigenvalue weighted by molar-refractivity contribution is -0.0976. The number of hydrogen-bond donors (Lipinski definition) is 1. The average molecular weight is 661 g/mol. The summed E-state index contributed by atoms with van der Waals surface area (Å²) in [6.45, 7) is 14.4. The second kappa shape index (κ2) is 16.1. The highest BCUT2D eigenvalue weighted by Gasteiger charge is 2.46. The van der Waals surface area contributed by atoms with Crippen LogP contribution in [-0.4, -0.2) is 40.4 Å². The maximum absolute atomic E-state index is 16.0. The molecule has 1 N–H and O–H groups in total. The number of unbranched alkanes of at least 4 members (excludes halogenated alkanes) is 5. The van der Waals surface area contributed by atoms with Gasteiger partial charge in [-0.15, -0.1) is 0 Å². The van der Waals surface area contributed by atoms with Gasteiger partial charge in [-0.1, -0.05) is 82.7 Å². The van der Waals surface area contributed by atoms with Crippen LogP contribution in [0, 0.1) is 24.1 Å². The summed E-state index contributed by atoms with van der Waals surface area (Å²) in [4.78, 5) is 10.5. The maximum Gasteiger partial charge on any atom is 0.278 e. The van der Waals surface area contributed by atoms with Crippen LogP contribution in [0.3, 0.4) is 0 Å². The normalized spacial score (nSPS) is 18.7. The van der Waals surface area contributed by atoms with Crippen molar-refractivity contribution in [1.29, 1.82) is 0 Å². The summed E-state index contributed by atoms with van der Waals surface area (Å²) in [5, 5.41) is 3.25. The molecule has 0 radical (unpaired) electrons. The van der Waals surface area contributed by atoms with E-state index >= 15 is 13.2 Å². The van der Waals surface area contributed by atoms with Crippen LogP contribution in [0.15, 0.2) is 42.3 Å². The number of alkyl halides is 4. The van der Waals surface area contributed by atoms with Gasteiger partial charge in [-0.25, -0.2) is 31.9 Å². The monoisotopic (exact) mass is 660 g/mol. The van der Waals surface area contributed by atoms with Crippen LogP contribution >= 0.6 is 0 Å². The van der Waals surface area contributed by atoms with Gasteiger partial charge in [0.25, 0.3) is 12.3 Å². The molecule has 1 aromatic heterocycles. The second-order valence-corrected chi connectivity index (χ2v) is 14.1. The summed E-state index contributed by atoms with van der Waals surface area (Å²) >= 11 is 0. The van der Waals surface area contributed by atoms with Crippen LogP contribution in [0.2, 0.25) is 0 Å². The van der Waals surface area contributed by atoms with Crippen molar-refractivity contribution in [2.75, 3.05) is 18.4 Å². The Balaban J connectivity index is 1.46. The van der Waals surface area contributed by atoms with Crippen LogP contribution in [0.5, 0.6) is 0 Å². The lowest BCUT2D eigenvalue weighted by atomic mass is 9.84. The van der Waals surface area contributed by atoms with E-state index in [1.54, 1.807) is 11.8 Å². The number of halogens is 5. The number of rotatable bonds is 17. The van der Waals surface area contributed by atoms with Crippen LogP contribution in [-0.2, 0) is 5.92 Å². The first kappa shape index (κ1) is 37.0. The Labute approximate surface area is 278 Å². The Bertz CT molecular complexity index is 1380. The minimum Gasteiger partial charge on any atom is -0.363 e. The summed E-state index contributed by atoms with van der Waals surface area (Å²) in [5.74, 6) is -5.04. The first-order valence-corrected chi connectivity index (χ1v) is 17.4. The highest BCUT2D eigenvalue weighted by atomic mass is 19.3. The molecule has 1 saturated heterocycles. The van der Waals surface area contributed by atoms with E-state index in [2.05, 4.69) is 35.7 Å². The van der Waals surface area contributed by atoms with Crippen LogP contribution < -0.4 is 5.32 Å². The lowest BCUT2D eigenvalue weighted by Crippen LogP contribution is -2.47. The Kier molecular flexibility index (Phi) is 12.6. The minimum absolute atomic E-state index is 0.0318. The molecule has 2 atom stereocenters. The van der Waals surface area contributed by atoms with E-state index in [0.717, 1.165) is 73.4 Å². The first-order valence-electron chi connectivity index (χ1n) is 17.4. The third-order valence-corrected chi connectivity index (χ3v) is 10.3. The van der Waals surface area contributed by atoms with Gasteiger partial charge >= 0.3 is 0 Å². The summed E-state index contributed by atoms with van der Waals surface area (Å²) in [6.07, 6.45) is 9.53. The number of hydrogen-bond acceptors (Lipinski definition) is 4. The number of piperidine rings is 1. The quantitative estimate of drug-likeness (QED) is 0.104. The predicted molar refractivity (Wildman–Crippen MR) is 181 cm³/mol. The number of nitrogens with zero attached hydrogens (tertiary/aromatic N) is 3. The molecule has 2 heterocycles. The fourth-order valence-corrected chi connectivity index (χ4v) is 7.03. The van der Waals surface area contributed by atoms with E-state index in [4.69, 9.17) is 0 Å². The van der Waals surface area contributed by atoms with Crippen LogP contribution in [0.4, 0.5) is 27.8 Å². The topological polar surface area (TPSA) is 41.1 Å². The van der Waals surface area contributed by atoms with E-state index in [9.17, 15) is 8.78 Å². The molecule has 4 rings (SSSR count).